The zero-order valence-electron chi connectivity index (χ0n) is 16.4. The Morgan fingerprint density at radius 3 is 2.63 bits per heavy atom. The van der Waals surface area contributed by atoms with Crippen LogP contribution in [0.4, 0.5) is 0 Å². The van der Waals surface area contributed by atoms with E-state index >= 15 is 0 Å². The Morgan fingerprint density at radius 2 is 2.00 bits per heavy atom. The lowest BCUT2D eigenvalue weighted by molar-refractivity contribution is 0.0926. The van der Waals surface area contributed by atoms with Gasteiger partial charge in [0.25, 0.3) is 5.91 Å². The van der Waals surface area contributed by atoms with Crippen molar-refractivity contribution in [2.24, 2.45) is 10.4 Å². The molecule has 1 aromatic rings. The maximum atomic E-state index is 11.8. The first-order chi connectivity index (χ1) is 12.7. The van der Waals surface area contributed by atoms with E-state index in [1.807, 2.05) is 6.92 Å². The summed E-state index contributed by atoms with van der Waals surface area (Å²) in [6.45, 7) is 5.63. The predicted molar refractivity (Wildman–Crippen MR) is 118 cm³/mol. The summed E-state index contributed by atoms with van der Waals surface area (Å²) in [4.78, 5) is 16.1. The van der Waals surface area contributed by atoms with Crippen LogP contribution < -0.4 is 16.0 Å². The predicted octanol–water partition coefficient (Wildman–Crippen LogP) is 2.78. The van der Waals surface area contributed by atoms with Gasteiger partial charge < -0.3 is 25.1 Å². The van der Waals surface area contributed by atoms with Crippen LogP contribution >= 0.6 is 24.0 Å². The molecular formula is C19H33IN4O3. The maximum Gasteiger partial charge on any atom is 0.287 e. The summed E-state index contributed by atoms with van der Waals surface area (Å²) in [6.07, 6.45) is 7.64. The molecule has 7 nitrogen and oxygen atoms in total. The van der Waals surface area contributed by atoms with E-state index in [1.165, 1.54) is 31.9 Å². The first-order valence-electron chi connectivity index (χ1n) is 9.53. The highest BCUT2D eigenvalue weighted by Crippen LogP contribution is 2.40. The van der Waals surface area contributed by atoms with Crippen molar-refractivity contribution in [1.29, 1.82) is 0 Å². The molecule has 8 heteroatoms. The highest BCUT2D eigenvalue weighted by Gasteiger charge is 2.33. The number of hydrogen-bond donors (Lipinski definition) is 3. The van der Waals surface area contributed by atoms with E-state index in [-0.39, 0.29) is 29.9 Å². The van der Waals surface area contributed by atoms with Crippen LogP contribution in [0.1, 0.15) is 49.6 Å². The topological polar surface area (TPSA) is 87.9 Å². The van der Waals surface area contributed by atoms with Crippen molar-refractivity contribution in [3.63, 3.8) is 0 Å². The molecule has 2 rings (SSSR count). The second-order valence-electron chi connectivity index (χ2n) is 6.74. The first kappa shape index (κ1) is 23.7. The number of rotatable bonds is 10. The number of hydrogen-bond acceptors (Lipinski definition) is 4. The lowest BCUT2D eigenvalue weighted by Gasteiger charge is -2.30. The van der Waals surface area contributed by atoms with Crippen molar-refractivity contribution in [2.45, 2.75) is 39.0 Å². The number of ether oxygens (including phenoxy) is 1. The molecule has 3 N–H and O–H groups in total. The second kappa shape index (κ2) is 13.0. The van der Waals surface area contributed by atoms with E-state index in [2.05, 4.69) is 20.9 Å². The zero-order chi connectivity index (χ0) is 18.7. The molecule has 27 heavy (non-hydrogen) atoms. The van der Waals surface area contributed by atoms with Crippen molar-refractivity contribution < 1.29 is 13.9 Å². The van der Waals surface area contributed by atoms with Gasteiger partial charge in [-0.2, -0.15) is 0 Å². The van der Waals surface area contributed by atoms with Crippen LogP contribution in [0.2, 0.25) is 0 Å². The largest absolute Gasteiger partial charge is 0.459 e. The van der Waals surface area contributed by atoms with E-state index in [0.29, 0.717) is 24.3 Å². The smallest absolute Gasteiger partial charge is 0.287 e. The SMILES string of the molecule is CCOCCC1(CNC(=NC)NCCNC(=O)c2ccco2)CCCC1.I. The van der Waals surface area contributed by atoms with Crippen molar-refractivity contribution in [3.05, 3.63) is 24.2 Å². The van der Waals surface area contributed by atoms with Gasteiger partial charge >= 0.3 is 0 Å². The molecule has 1 aromatic heterocycles. The van der Waals surface area contributed by atoms with E-state index < -0.39 is 0 Å². The molecule has 1 aliphatic carbocycles. The number of amides is 1. The maximum absolute atomic E-state index is 11.8. The number of halogens is 1. The molecule has 0 radical (unpaired) electrons. The Labute approximate surface area is 179 Å². The normalized spacial score (nSPS) is 15.9. The minimum Gasteiger partial charge on any atom is -0.459 e. The van der Waals surface area contributed by atoms with E-state index in [1.54, 1.807) is 19.2 Å². The second-order valence-corrected chi connectivity index (χ2v) is 6.74. The fourth-order valence-electron chi connectivity index (χ4n) is 3.42. The van der Waals surface area contributed by atoms with Gasteiger partial charge in [0.2, 0.25) is 0 Å². The average molecular weight is 492 g/mol. The fraction of sp³-hybridized carbons (Fsp3) is 0.684. The van der Waals surface area contributed by atoms with Crippen molar-refractivity contribution in [2.75, 3.05) is 39.9 Å². The van der Waals surface area contributed by atoms with Gasteiger partial charge in [-0.1, -0.05) is 12.8 Å². The van der Waals surface area contributed by atoms with Gasteiger partial charge in [-0.3, -0.25) is 9.79 Å². The lowest BCUT2D eigenvalue weighted by Crippen LogP contribution is -2.45. The summed E-state index contributed by atoms with van der Waals surface area (Å²) in [5, 5.41) is 9.50. The van der Waals surface area contributed by atoms with Gasteiger partial charge in [-0.15, -0.1) is 24.0 Å². The number of guanidine groups is 1. The van der Waals surface area contributed by atoms with E-state index in [4.69, 9.17) is 9.15 Å². The molecular weight excluding hydrogens is 459 g/mol. The van der Waals surface area contributed by atoms with Gasteiger partial charge in [-0.25, -0.2) is 0 Å². The molecule has 154 valence electrons. The summed E-state index contributed by atoms with van der Waals surface area (Å²) >= 11 is 0. The number of nitrogens with one attached hydrogen (secondary N) is 3. The Kier molecular flexibility index (Phi) is 11.4. The van der Waals surface area contributed by atoms with Crippen LogP contribution in [0.15, 0.2) is 27.8 Å². The van der Waals surface area contributed by atoms with Crippen molar-refractivity contribution in [1.82, 2.24) is 16.0 Å². The Balaban J connectivity index is 0.00000364. The molecule has 0 atom stereocenters. The number of furan rings is 1. The molecule has 0 aromatic carbocycles. The molecule has 0 aliphatic heterocycles. The first-order valence-corrected chi connectivity index (χ1v) is 9.53. The van der Waals surface area contributed by atoms with Gasteiger partial charge in [0.1, 0.15) is 0 Å². The molecule has 0 bridgehead atoms. The van der Waals surface area contributed by atoms with Gasteiger partial charge in [0, 0.05) is 39.9 Å². The van der Waals surface area contributed by atoms with Gasteiger partial charge in [-0.05, 0) is 43.7 Å². The van der Waals surface area contributed by atoms with Gasteiger partial charge in [0.15, 0.2) is 11.7 Å². The fourth-order valence-corrected chi connectivity index (χ4v) is 3.42. The van der Waals surface area contributed by atoms with Crippen LogP contribution in [0.3, 0.4) is 0 Å². The third-order valence-corrected chi connectivity index (χ3v) is 4.95. The number of carbonyl (C=O) groups is 1. The molecule has 1 aliphatic rings. The minimum atomic E-state index is -0.208. The van der Waals surface area contributed by atoms with Crippen LogP contribution in [0.5, 0.6) is 0 Å². The van der Waals surface area contributed by atoms with Gasteiger partial charge in [0.05, 0.1) is 6.26 Å². The summed E-state index contributed by atoms with van der Waals surface area (Å²) in [7, 11) is 1.76. The highest BCUT2D eigenvalue weighted by atomic mass is 127. The molecule has 0 unspecified atom stereocenters. The molecule has 0 spiro atoms. The zero-order valence-corrected chi connectivity index (χ0v) is 18.7. The molecule has 1 fully saturated rings. The summed E-state index contributed by atoms with van der Waals surface area (Å²) < 4.78 is 10.6. The number of carbonyl (C=O) groups excluding carboxylic acids is 1. The molecule has 0 saturated heterocycles. The third kappa shape index (κ3) is 8.08. The number of aliphatic imine (C=N–C) groups is 1. The summed E-state index contributed by atoms with van der Waals surface area (Å²) in [5.41, 5.74) is 0.306. The molecule has 1 amide bonds. The van der Waals surface area contributed by atoms with Crippen LogP contribution in [-0.2, 0) is 4.74 Å². The quantitative estimate of drug-likeness (QED) is 0.202. The standard InChI is InChI=1S/C19H32N4O3.HI/c1-3-25-14-10-19(8-4-5-9-19)15-23-18(20-2)22-12-11-21-17(24)16-7-6-13-26-16;/h6-7,13H,3-5,8-12,14-15H2,1-2H3,(H,21,24)(H2,20,22,23);1H. The Bertz CT molecular complexity index is 557. The number of nitrogens with zero attached hydrogens (tertiary/aromatic N) is 1. The minimum absolute atomic E-state index is 0. The lowest BCUT2D eigenvalue weighted by atomic mass is 9.83. The monoisotopic (exact) mass is 492 g/mol. The summed E-state index contributed by atoms with van der Waals surface area (Å²) in [5.74, 6) is 0.880. The molecule has 1 heterocycles. The van der Waals surface area contributed by atoms with Crippen molar-refractivity contribution >= 4 is 35.8 Å². The highest BCUT2D eigenvalue weighted by molar-refractivity contribution is 14.0. The van der Waals surface area contributed by atoms with E-state index in [0.717, 1.165) is 32.1 Å². The van der Waals surface area contributed by atoms with Crippen LogP contribution in [0, 0.1) is 5.41 Å². The Hall–Kier alpha value is -1.29. The van der Waals surface area contributed by atoms with Crippen molar-refractivity contribution in [3.8, 4) is 0 Å². The van der Waals surface area contributed by atoms with E-state index in [9.17, 15) is 4.79 Å². The molecule has 1 saturated carbocycles. The average Bonchev–Trinajstić information content (AvgIpc) is 3.34. The van der Waals surface area contributed by atoms with Crippen LogP contribution in [-0.4, -0.2) is 51.8 Å². The Morgan fingerprint density at radius 1 is 1.26 bits per heavy atom. The summed E-state index contributed by atoms with van der Waals surface area (Å²) in [6, 6.07) is 3.34. The van der Waals surface area contributed by atoms with Crippen LogP contribution in [0.25, 0.3) is 0 Å². The third-order valence-electron chi connectivity index (χ3n) is 4.95.